The van der Waals surface area contributed by atoms with Gasteiger partial charge in [-0.25, -0.2) is 0 Å². The van der Waals surface area contributed by atoms with Crippen LogP contribution in [0.25, 0.3) is 0 Å². The molecular weight excluding hydrogens is 352 g/mol. The van der Waals surface area contributed by atoms with E-state index in [1.165, 1.54) is 16.7 Å². The molecule has 1 unspecified atom stereocenters. The molecule has 0 spiro atoms. The van der Waals surface area contributed by atoms with Crippen LogP contribution in [-0.4, -0.2) is 18.5 Å². The van der Waals surface area contributed by atoms with E-state index in [9.17, 15) is 0 Å². The number of halogens is 1. The Morgan fingerprint density at radius 1 is 1.17 bits per heavy atom. The van der Waals surface area contributed by atoms with Crippen LogP contribution in [0.5, 0.6) is 5.75 Å². The summed E-state index contributed by atoms with van der Waals surface area (Å²) in [5, 5.41) is 0. The average molecular weight is 375 g/mol. The van der Waals surface area contributed by atoms with Gasteiger partial charge in [-0.05, 0) is 55.7 Å². The Balaban J connectivity index is 1.89. The first-order valence-electron chi connectivity index (χ1n) is 7.71. The van der Waals surface area contributed by atoms with Crippen LogP contribution in [0, 0.1) is 13.8 Å². The van der Waals surface area contributed by atoms with E-state index in [0.717, 1.165) is 10.2 Å². The topological polar surface area (TPSA) is 47.6 Å². The molecule has 0 fully saturated rings. The number of nitrogens with two attached hydrogens (primary N) is 1. The first-order chi connectivity index (χ1) is 10.9. The van der Waals surface area contributed by atoms with Crippen molar-refractivity contribution < 1.29 is 4.74 Å². The minimum absolute atomic E-state index is 0.0254. The van der Waals surface area contributed by atoms with Gasteiger partial charge in [-0.2, -0.15) is 0 Å². The smallest absolute Gasteiger partial charge is 0.120 e. The van der Waals surface area contributed by atoms with E-state index in [2.05, 4.69) is 53.0 Å². The molecule has 0 bridgehead atoms. The van der Waals surface area contributed by atoms with Crippen LogP contribution in [0.1, 0.15) is 23.6 Å². The molecule has 23 heavy (non-hydrogen) atoms. The Labute approximate surface area is 146 Å². The molecule has 2 N–H and O–H groups in total. The molecular formula is C19H23BrN2O. The molecule has 0 aliphatic heterocycles. The van der Waals surface area contributed by atoms with Crippen molar-refractivity contribution in [2.75, 3.05) is 6.54 Å². The molecule has 0 aromatic heterocycles. The lowest BCUT2D eigenvalue weighted by Crippen LogP contribution is -2.21. The quantitative estimate of drug-likeness (QED) is 0.600. The summed E-state index contributed by atoms with van der Waals surface area (Å²) in [4.78, 5) is 4.45. The molecule has 0 amide bonds. The van der Waals surface area contributed by atoms with Crippen molar-refractivity contribution in [1.82, 2.24) is 0 Å². The van der Waals surface area contributed by atoms with Gasteiger partial charge in [-0.1, -0.05) is 40.2 Å². The van der Waals surface area contributed by atoms with E-state index >= 15 is 0 Å². The third-order valence-corrected chi connectivity index (χ3v) is 4.13. The molecule has 0 radical (unpaired) electrons. The molecule has 0 aliphatic carbocycles. The Kier molecular flexibility index (Phi) is 6.22. The predicted octanol–water partition coefficient (Wildman–Crippen LogP) is 4.43. The number of aryl methyl sites for hydroxylation is 2. The number of rotatable bonds is 6. The van der Waals surface area contributed by atoms with Gasteiger partial charge in [-0.15, -0.1) is 0 Å². The van der Waals surface area contributed by atoms with Gasteiger partial charge in [0.15, 0.2) is 0 Å². The number of ether oxygens (including phenoxy) is 1. The lowest BCUT2D eigenvalue weighted by molar-refractivity contribution is 0.230. The fourth-order valence-electron chi connectivity index (χ4n) is 2.23. The highest BCUT2D eigenvalue weighted by Crippen LogP contribution is 2.19. The van der Waals surface area contributed by atoms with Crippen molar-refractivity contribution in [2.24, 2.45) is 10.7 Å². The lowest BCUT2D eigenvalue weighted by Gasteiger charge is -2.13. The van der Waals surface area contributed by atoms with E-state index in [1.807, 2.05) is 31.2 Å². The van der Waals surface area contributed by atoms with Gasteiger partial charge in [0.25, 0.3) is 0 Å². The zero-order chi connectivity index (χ0) is 16.8. The van der Waals surface area contributed by atoms with Crippen LogP contribution in [0.4, 0.5) is 0 Å². The summed E-state index contributed by atoms with van der Waals surface area (Å²) in [7, 11) is 0. The average Bonchev–Trinajstić information content (AvgIpc) is 2.49. The maximum Gasteiger partial charge on any atom is 0.120 e. The number of benzene rings is 2. The standard InChI is InChI=1S/C19H23BrN2O/c1-13-7-8-16(9-14(13)2)10-19(21)22-12-15(3)23-18-6-4-5-17(20)11-18/h4-9,11,15H,10,12H2,1-3H3,(H2,21,22). The van der Waals surface area contributed by atoms with Crippen molar-refractivity contribution in [3.63, 3.8) is 0 Å². The number of nitrogens with zero attached hydrogens (tertiary/aromatic N) is 1. The predicted molar refractivity (Wildman–Crippen MR) is 100 cm³/mol. The van der Waals surface area contributed by atoms with Crippen molar-refractivity contribution in [2.45, 2.75) is 33.3 Å². The fraction of sp³-hybridized carbons (Fsp3) is 0.316. The van der Waals surface area contributed by atoms with Gasteiger partial charge >= 0.3 is 0 Å². The highest BCUT2D eigenvalue weighted by molar-refractivity contribution is 9.10. The van der Waals surface area contributed by atoms with Crippen LogP contribution in [0.15, 0.2) is 51.9 Å². The second kappa shape index (κ2) is 8.16. The summed E-state index contributed by atoms with van der Waals surface area (Å²) in [5.41, 5.74) is 9.81. The maximum absolute atomic E-state index is 6.05. The van der Waals surface area contributed by atoms with E-state index in [4.69, 9.17) is 10.5 Å². The molecule has 0 saturated carbocycles. The Bertz CT molecular complexity index is 698. The van der Waals surface area contributed by atoms with Crippen LogP contribution in [0.3, 0.4) is 0 Å². The minimum atomic E-state index is -0.0254. The molecule has 1 atom stereocenters. The molecule has 0 aliphatic rings. The van der Waals surface area contributed by atoms with Crippen LogP contribution in [-0.2, 0) is 6.42 Å². The van der Waals surface area contributed by atoms with Gasteiger partial charge in [0.2, 0.25) is 0 Å². The first kappa shape index (κ1) is 17.5. The Morgan fingerprint density at radius 3 is 2.65 bits per heavy atom. The first-order valence-corrected chi connectivity index (χ1v) is 8.50. The van der Waals surface area contributed by atoms with Crippen molar-refractivity contribution in [1.29, 1.82) is 0 Å². The third kappa shape index (κ3) is 5.71. The molecule has 2 aromatic carbocycles. The van der Waals surface area contributed by atoms with E-state index in [-0.39, 0.29) is 6.10 Å². The second-order valence-corrected chi connectivity index (χ2v) is 6.73. The molecule has 122 valence electrons. The van der Waals surface area contributed by atoms with E-state index in [1.54, 1.807) is 0 Å². The lowest BCUT2D eigenvalue weighted by atomic mass is 10.0. The zero-order valence-electron chi connectivity index (χ0n) is 13.8. The maximum atomic E-state index is 6.05. The van der Waals surface area contributed by atoms with Gasteiger partial charge in [0.05, 0.1) is 12.4 Å². The Hall–Kier alpha value is -1.81. The van der Waals surface area contributed by atoms with Gasteiger partial charge < -0.3 is 10.5 Å². The van der Waals surface area contributed by atoms with E-state index in [0.29, 0.717) is 18.8 Å². The van der Waals surface area contributed by atoms with E-state index < -0.39 is 0 Å². The van der Waals surface area contributed by atoms with Crippen LogP contribution in [0.2, 0.25) is 0 Å². The second-order valence-electron chi connectivity index (χ2n) is 5.81. The van der Waals surface area contributed by atoms with Gasteiger partial charge in [0, 0.05) is 10.9 Å². The van der Waals surface area contributed by atoms with Crippen LogP contribution >= 0.6 is 15.9 Å². The van der Waals surface area contributed by atoms with Crippen molar-refractivity contribution in [3.8, 4) is 5.75 Å². The largest absolute Gasteiger partial charge is 0.489 e. The van der Waals surface area contributed by atoms with Crippen molar-refractivity contribution >= 4 is 21.8 Å². The fourth-order valence-corrected chi connectivity index (χ4v) is 2.61. The summed E-state index contributed by atoms with van der Waals surface area (Å²) in [6.45, 7) is 6.76. The normalized spacial score (nSPS) is 13.0. The summed E-state index contributed by atoms with van der Waals surface area (Å²) < 4.78 is 6.84. The monoisotopic (exact) mass is 374 g/mol. The highest BCUT2D eigenvalue weighted by Gasteiger charge is 2.05. The number of hydrogen-bond acceptors (Lipinski definition) is 2. The molecule has 3 nitrogen and oxygen atoms in total. The third-order valence-electron chi connectivity index (χ3n) is 3.64. The van der Waals surface area contributed by atoms with Crippen molar-refractivity contribution in [3.05, 3.63) is 63.6 Å². The molecule has 2 aromatic rings. The Morgan fingerprint density at radius 2 is 1.96 bits per heavy atom. The molecule has 0 saturated heterocycles. The van der Waals surface area contributed by atoms with Gasteiger partial charge in [-0.3, -0.25) is 4.99 Å². The SMILES string of the molecule is Cc1ccc(CC(N)=NCC(C)Oc2cccc(Br)c2)cc1C. The summed E-state index contributed by atoms with van der Waals surface area (Å²) >= 11 is 3.43. The highest BCUT2D eigenvalue weighted by atomic mass is 79.9. The summed E-state index contributed by atoms with van der Waals surface area (Å²) in [6.07, 6.45) is 0.646. The number of amidine groups is 1. The van der Waals surface area contributed by atoms with Gasteiger partial charge in [0.1, 0.15) is 11.9 Å². The zero-order valence-corrected chi connectivity index (χ0v) is 15.4. The number of aliphatic imine (C=N–C) groups is 1. The minimum Gasteiger partial charge on any atom is -0.489 e. The van der Waals surface area contributed by atoms with Crippen LogP contribution < -0.4 is 10.5 Å². The summed E-state index contributed by atoms with van der Waals surface area (Å²) in [6, 6.07) is 14.2. The molecule has 0 heterocycles. The molecule has 4 heteroatoms. The summed E-state index contributed by atoms with van der Waals surface area (Å²) in [5.74, 6) is 1.47. The molecule has 2 rings (SSSR count). The number of hydrogen-bond donors (Lipinski definition) is 1.